The molecule has 3 heterocycles. The molecule has 0 aliphatic carbocycles. The average Bonchev–Trinajstić information content (AvgIpc) is 3.40. The van der Waals surface area contributed by atoms with Gasteiger partial charge in [-0.1, -0.05) is 24.3 Å². The highest BCUT2D eigenvalue weighted by Gasteiger charge is 2.28. The minimum Gasteiger partial charge on any atom is -0.378 e. The van der Waals surface area contributed by atoms with Crippen LogP contribution < -0.4 is 0 Å². The largest absolute Gasteiger partial charge is 0.378 e. The number of rotatable bonds is 5. The molecule has 9 heteroatoms. The number of nitrogens with zero attached hydrogens (tertiary/aromatic N) is 4. The number of hydrogen-bond acceptors (Lipinski definition) is 6. The summed E-state index contributed by atoms with van der Waals surface area (Å²) in [6.07, 6.45) is 2.99. The molecule has 1 fully saturated rings. The van der Waals surface area contributed by atoms with Crippen LogP contribution in [0.15, 0.2) is 59.6 Å². The fourth-order valence-electron chi connectivity index (χ4n) is 4.13. The van der Waals surface area contributed by atoms with E-state index in [0.29, 0.717) is 24.7 Å². The smallest absolute Gasteiger partial charge is 0.175 e. The number of aromatic amines is 1. The fourth-order valence-corrected chi connectivity index (χ4v) is 4.76. The minimum absolute atomic E-state index is 0.0207. The summed E-state index contributed by atoms with van der Waals surface area (Å²) in [5.41, 5.74) is 3.83. The molecular formula is C23H25N5O3S. The monoisotopic (exact) mass is 451 g/mol. The first-order valence-corrected chi connectivity index (χ1v) is 12.4. The highest BCUT2D eigenvalue weighted by molar-refractivity contribution is 7.90. The van der Waals surface area contributed by atoms with E-state index in [1.165, 1.54) is 6.26 Å². The summed E-state index contributed by atoms with van der Waals surface area (Å²) >= 11 is 0. The third kappa shape index (κ3) is 3.94. The summed E-state index contributed by atoms with van der Waals surface area (Å²) in [5, 5.41) is 0. The highest BCUT2D eigenvalue weighted by Crippen LogP contribution is 2.27. The lowest BCUT2D eigenvalue weighted by atomic mass is 10.2. The van der Waals surface area contributed by atoms with Crippen LogP contribution in [0.25, 0.3) is 22.3 Å². The van der Waals surface area contributed by atoms with E-state index >= 15 is 0 Å². The Hall–Kier alpha value is -3.01. The number of benzene rings is 2. The minimum atomic E-state index is -3.22. The Morgan fingerprint density at radius 1 is 1.16 bits per heavy atom. The summed E-state index contributed by atoms with van der Waals surface area (Å²) in [7, 11) is -1.17. The van der Waals surface area contributed by atoms with E-state index in [1.54, 1.807) is 30.5 Å². The van der Waals surface area contributed by atoms with Crippen LogP contribution in [0.1, 0.15) is 17.7 Å². The van der Waals surface area contributed by atoms with Gasteiger partial charge in [0, 0.05) is 19.8 Å². The molecule has 1 atom stereocenters. The van der Waals surface area contributed by atoms with Crippen LogP contribution in [0, 0.1) is 0 Å². The molecular weight excluding hydrogens is 426 g/mol. The van der Waals surface area contributed by atoms with Crippen LogP contribution in [0.2, 0.25) is 0 Å². The number of morpholine rings is 1. The average molecular weight is 452 g/mol. The van der Waals surface area contributed by atoms with Crippen LogP contribution >= 0.6 is 0 Å². The summed E-state index contributed by atoms with van der Waals surface area (Å²) in [4.78, 5) is 15.5. The first-order valence-electron chi connectivity index (χ1n) is 10.5. The van der Waals surface area contributed by atoms with Crippen LogP contribution in [-0.2, 0) is 28.2 Å². The molecule has 32 heavy (non-hydrogen) atoms. The van der Waals surface area contributed by atoms with E-state index in [1.807, 2.05) is 25.2 Å². The molecule has 2 aromatic carbocycles. The number of ether oxygens (including phenoxy) is 1. The Bertz CT molecular complexity index is 1360. The SMILES string of the molecule is Cn1c(CN2CCOC[C@H]2c2ncc(-c3ccc(S(C)(=O)=O)cc3)[nH]2)nc2ccccc21. The maximum Gasteiger partial charge on any atom is 0.175 e. The van der Waals surface area contributed by atoms with Crippen molar-refractivity contribution < 1.29 is 13.2 Å². The highest BCUT2D eigenvalue weighted by atomic mass is 32.2. The lowest BCUT2D eigenvalue weighted by Gasteiger charge is -2.34. The van der Waals surface area contributed by atoms with Crippen LogP contribution in [0.5, 0.6) is 0 Å². The topological polar surface area (TPSA) is 93.1 Å². The third-order valence-electron chi connectivity index (χ3n) is 5.97. The molecule has 1 N–H and O–H groups in total. The molecule has 0 spiro atoms. The maximum atomic E-state index is 11.7. The van der Waals surface area contributed by atoms with Gasteiger partial charge in [0.2, 0.25) is 0 Å². The van der Waals surface area contributed by atoms with Crippen LogP contribution in [0.3, 0.4) is 0 Å². The van der Waals surface area contributed by atoms with Crippen molar-refractivity contribution in [3.63, 3.8) is 0 Å². The maximum absolute atomic E-state index is 11.7. The Labute approximate surface area is 186 Å². The Balaban J connectivity index is 1.39. The molecule has 2 aromatic heterocycles. The number of para-hydroxylation sites is 2. The second kappa shape index (κ2) is 8.16. The molecule has 4 aromatic rings. The van der Waals surface area contributed by atoms with Gasteiger partial charge in [-0.25, -0.2) is 18.4 Å². The van der Waals surface area contributed by atoms with Crippen LogP contribution in [0.4, 0.5) is 0 Å². The van der Waals surface area contributed by atoms with Gasteiger partial charge in [0.1, 0.15) is 11.6 Å². The Morgan fingerprint density at radius 2 is 1.94 bits per heavy atom. The number of fused-ring (bicyclic) bond motifs is 1. The second-order valence-electron chi connectivity index (χ2n) is 8.12. The van der Waals surface area contributed by atoms with E-state index in [9.17, 15) is 8.42 Å². The Morgan fingerprint density at radius 3 is 2.69 bits per heavy atom. The molecule has 166 valence electrons. The molecule has 1 saturated heterocycles. The van der Waals surface area contributed by atoms with Gasteiger partial charge < -0.3 is 14.3 Å². The lowest BCUT2D eigenvalue weighted by Crippen LogP contribution is -2.40. The van der Waals surface area contributed by atoms with Gasteiger partial charge in [-0.3, -0.25) is 4.90 Å². The van der Waals surface area contributed by atoms with E-state index in [0.717, 1.165) is 40.5 Å². The van der Waals surface area contributed by atoms with Crippen LogP contribution in [-0.4, -0.2) is 58.9 Å². The fraction of sp³-hybridized carbons (Fsp3) is 0.304. The molecule has 5 rings (SSSR count). The van der Waals surface area contributed by atoms with Gasteiger partial charge in [-0.2, -0.15) is 0 Å². The zero-order valence-corrected chi connectivity index (χ0v) is 18.8. The van der Waals surface area contributed by atoms with Crippen molar-refractivity contribution in [3.8, 4) is 11.3 Å². The van der Waals surface area contributed by atoms with Crippen molar-refractivity contribution in [3.05, 3.63) is 66.4 Å². The molecule has 1 aliphatic heterocycles. The van der Waals surface area contributed by atoms with Crippen molar-refractivity contribution in [1.29, 1.82) is 0 Å². The zero-order valence-electron chi connectivity index (χ0n) is 18.0. The molecule has 0 unspecified atom stereocenters. The molecule has 8 nitrogen and oxygen atoms in total. The van der Waals surface area contributed by atoms with Gasteiger partial charge >= 0.3 is 0 Å². The number of sulfone groups is 1. The predicted octanol–water partition coefficient (Wildman–Crippen LogP) is 2.94. The van der Waals surface area contributed by atoms with Crippen molar-refractivity contribution in [2.75, 3.05) is 26.0 Å². The molecule has 0 saturated carbocycles. The first kappa shape index (κ1) is 20.9. The Kier molecular flexibility index (Phi) is 5.32. The van der Waals surface area contributed by atoms with E-state index in [2.05, 4.69) is 25.5 Å². The third-order valence-corrected chi connectivity index (χ3v) is 7.10. The molecule has 0 bridgehead atoms. The second-order valence-corrected chi connectivity index (χ2v) is 10.1. The number of aromatic nitrogens is 4. The normalized spacial score (nSPS) is 17.8. The lowest BCUT2D eigenvalue weighted by molar-refractivity contribution is -0.0170. The zero-order chi connectivity index (χ0) is 22.3. The molecule has 0 radical (unpaired) electrons. The van der Waals surface area contributed by atoms with Gasteiger partial charge in [-0.15, -0.1) is 0 Å². The molecule has 1 aliphatic rings. The van der Waals surface area contributed by atoms with E-state index in [-0.39, 0.29) is 6.04 Å². The van der Waals surface area contributed by atoms with Gasteiger partial charge in [0.15, 0.2) is 9.84 Å². The van der Waals surface area contributed by atoms with Gasteiger partial charge in [0.25, 0.3) is 0 Å². The van der Waals surface area contributed by atoms with Gasteiger partial charge in [-0.05, 0) is 29.8 Å². The van der Waals surface area contributed by atoms with Crippen molar-refractivity contribution in [1.82, 2.24) is 24.4 Å². The number of hydrogen-bond donors (Lipinski definition) is 1. The van der Waals surface area contributed by atoms with Gasteiger partial charge in [0.05, 0.1) is 53.6 Å². The number of aryl methyl sites for hydroxylation is 1. The number of imidazole rings is 2. The van der Waals surface area contributed by atoms with Crippen molar-refractivity contribution >= 4 is 20.9 Å². The summed E-state index contributed by atoms with van der Waals surface area (Å²) in [6, 6.07) is 14.9. The van der Waals surface area contributed by atoms with Crippen molar-refractivity contribution in [2.45, 2.75) is 17.5 Å². The predicted molar refractivity (Wildman–Crippen MR) is 122 cm³/mol. The van der Waals surface area contributed by atoms with E-state index in [4.69, 9.17) is 9.72 Å². The summed E-state index contributed by atoms with van der Waals surface area (Å²) in [6.45, 7) is 2.69. The van der Waals surface area contributed by atoms with Crippen molar-refractivity contribution in [2.24, 2.45) is 7.05 Å². The quantitative estimate of drug-likeness (QED) is 0.502. The summed E-state index contributed by atoms with van der Waals surface area (Å²) in [5.74, 6) is 1.83. The molecule has 0 amide bonds. The number of nitrogens with one attached hydrogen (secondary N) is 1. The standard InChI is InChI=1S/C23H25N5O3S/c1-27-20-6-4-3-5-18(20)25-22(27)14-28-11-12-31-15-21(28)23-24-13-19(26-23)16-7-9-17(10-8-16)32(2,29)30/h3-10,13,21H,11-12,14-15H2,1-2H3,(H,24,26)/t21-/m0/s1. The number of H-pyrrole nitrogens is 1. The van der Waals surface area contributed by atoms with E-state index < -0.39 is 9.84 Å². The first-order chi connectivity index (χ1) is 15.4. The summed E-state index contributed by atoms with van der Waals surface area (Å²) < 4.78 is 31.3.